The molecule has 1 saturated heterocycles. The summed E-state index contributed by atoms with van der Waals surface area (Å²) in [5.41, 5.74) is 3.39. The van der Waals surface area contributed by atoms with E-state index in [9.17, 15) is 20.0 Å². The Morgan fingerprint density at radius 2 is 2.06 bits per heavy atom. The highest BCUT2D eigenvalue weighted by Crippen LogP contribution is 2.44. The number of ether oxygens (including phenoxy) is 1. The van der Waals surface area contributed by atoms with E-state index in [4.69, 9.17) is 4.74 Å². The first-order chi connectivity index (χ1) is 16.9. The number of nitro groups is 1. The maximum absolute atomic E-state index is 13.2. The Bertz CT molecular complexity index is 1320. The fourth-order valence-electron chi connectivity index (χ4n) is 4.91. The Labute approximate surface area is 202 Å². The predicted molar refractivity (Wildman–Crippen MR) is 130 cm³/mol. The van der Waals surface area contributed by atoms with Gasteiger partial charge in [-0.25, -0.2) is 0 Å². The average molecular weight is 472 g/mol. The summed E-state index contributed by atoms with van der Waals surface area (Å²) in [6, 6.07) is 11.7. The van der Waals surface area contributed by atoms with Crippen molar-refractivity contribution >= 4 is 17.5 Å². The van der Waals surface area contributed by atoms with Crippen LogP contribution in [-0.4, -0.2) is 32.2 Å². The zero-order valence-corrected chi connectivity index (χ0v) is 19.3. The van der Waals surface area contributed by atoms with Crippen LogP contribution < -0.4 is 4.74 Å². The van der Waals surface area contributed by atoms with Crippen molar-refractivity contribution in [3.63, 3.8) is 0 Å². The van der Waals surface area contributed by atoms with E-state index in [0.29, 0.717) is 34.5 Å². The Hall–Kier alpha value is -4.04. The lowest BCUT2D eigenvalue weighted by Crippen LogP contribution is -2.33. The van der Waals surface area contributed by atoms with Crippen molar-refractivity contribution in [1.29, 1.82) is 0 Å². The summed E-state index contributed by atoms with van der Waals surface area (Å²) in [6.07, 6.45) is 8.38. The molecule has 0 unspecified atom stereocenters. The van der Waals surface area contributed by atoms with Gasteiger partial charge in [-0.05, 0) is 73.3 Å². The molecule has 0 bridgehead atoms. The van der Waals surface area contributed by atoms with Gasteiger partial charge in [0, 0.05) is 37.1 Å². The van der Waals surface area contributed by atoms with Crippen molar-refractivity contribution < 1.29 is 19.6 Å². The summed E-state index contributed by atoms with van der Waals surface area (Å²) in [5.74, 6) is 0.350. The molecule has 8 nitrogen and oxygen atoms in total. The van der Waals surface area contributed by atoms with Crippen LogP contribution in [0.15, 0.2) is 60.6 Å². The number of carbonyl (C=O) groups excluding carboxylic acids is 1. The van der Waals surface area contributed by atoms with Gasteiger partial charge in [0.25, 0.3) is 5.69 Å². The number of fused-ring (bicyclic) bond motifs is 1. The molecule has 2 aromatic carbocycles. The van der Waals surface area contributed by atoms with Crippen molar-refractivity contribution in [2.45, 2.75) is 38.8 Å². The number of carbonyl (C=O) groups is 1. The van der Waals surface area contributed by atoms with Gasteiger partial charge in [-0.15, -0.1) is 0 Å². The second-order valence-corrected chi connectivity index (χ2v) is 8.95. The van der Waals surface area contributed by atoms with Crippen LogP contribution in [0.2, 0.25) is 0 Å². The van der Waals surface area contributed by atoms with Gasteiger partial charge < -0.3 is 9.84 Å². The van der Waals surface area contributed by atoms with Gasteiger partial charge in [0.15, 0.2) is 5.76 Å². The molecule has 0 aliphatic carbocycles. The van der Waals surface area contributed by atoms with E-state index >= 15 is 0 Å². The number of aryl methyl sites for hydroxylation is 1. The number of rotatable bonds is 5. The van der Waals surface area contributed by atoms with Crippen LogP contribution in [0.3, 0.4) is 0 Å². The molecule has 178 valence electrons. The number of likely N-dealkylation sites (tertiary alicyclic amines) is 1. The minimum absolute atomic E-state index is 0.0261. The molecule has 8 heteroatoms. The second-order valence-electron chi connectivity index (χ2n) is 8.95. The molecule has 0 spiro atoms. The Balaban J connectivity index is 1.47. The second kappa shape index (κ2) is 9.31. The molecule has 1 atom stereocenters. The summed E-state index contributed by atoms with van der Waals surface area (Å²) in [6.45, 7) is 3.07. The molecule has 3 aromatic rings. The number of nitro benzene ring substituents is 1. The maximum atomic E-state index is 13.2. The topological polar surface area (TPSA) is 106 Å². The van der Waals surface area contributed by atoms with Crippen LogP contribution in [-0.2, 0) is 6.54 Å². The number of aromatic nitrogens is 1. The highest BCUT2D eigenvalue weighted by atomic mass is 16.6. The van der Waals surface area contributed by atoms with Gasteiger partial charge in [0.1, 0.15) is 11.5 Å². The van der Waals surface area contributed by atoms with Gasteiger partial charge in [0.2, 0.25) is 5.78 Å². The highest BCUT2D eigenvalue weighted by Gasteiger charge is 2.35. The van der Waals surface area contributed by atoms with Gasteiger partial charge >= 0.3 is 0 Å². The van der Waals surface area contributed by atoms with Crippen molar-refractivity contribution in [3.05, 3.63) is 98.5 Å². The smallest absolute Gasteiger partial charge is 0.269 e. The molecule has 1 N–H and O–H groups in total. The van der Waals surface area contributed by atoms with Crippen molar-refractivity contribution in [3.8, 4) is 11.5 Å². The molecule has 35 heavy (non-hydrogen) atoms. The molecule has 5 rings (SSSR count). The Morgan fingerprint density at radius 1 is 1.26 bits per heavy atom. The first kappa shape index (κ1) is 22.7. The molecule has 0 amide bonds. The number of Topliss-reactive ketones (excluding diaryl/α,β-unsaturated/α-hetero) is 1. The number of aromatic hydroxyl groups is 1. The van der Waals surface area contributed by atoms with Gasteiger partial charge in [-0.1, -0.05) is 12.5 Å². The van der Waals surface area contributed by atoms with E-state index in [2.05, 4.69) is 16.0 Å². The molecule has 0 radical (unpaired) electrons. The molecular formula is C27H25N3O5. The summed E-state index contributed by atoms with van der Waals surface area (Å²) in [7, 11) is 0. The highest BCUT2D eigenvalue weighted by molar-refractivity contribution is 6.15. The molecular weight excluding hydrogens is 446 g/mol. The number of allylic oxidation sites excluding steroid dienone is 1. The van der Waals surface area contributed by atoms with Gasteiger partial charge in [-0.2, -0.15) is 0 Å². The van der Waals surface area contributed by atoms with Gasteiger partial charge in [-0.3, -0.25) is 24.8 Å². The number of ketones is 1. The first-order valence-corrected chi connectivity index (χ1v) is 11.6. The molecule has 2 aliphatic heterocycles. The molecule has 3 heterocycles. The van der Waals surface area contributed by atoms with Crippen molar-refractivity contribution in [2.24, 2.45) is 0 Å². The number of pyridine rings is 1. The Morgan fingerprint density at radius 3 is 2.77 bits per heavy atom. The number of phenols is 1. The van der Waals surface area contributed by atoms with Crippen LogP contribution in [0.4, 0.5) is 5.69 Å². The standard InChI is InChI=1S/C27H25N3O5/c1-17-13-23(31)21(16-29-12-3-2-6-22(29)19-5-4-11-28-15-19)27-25(17)26(32)24(35-27)14-18-7-9-20(10-8-18)30(33)34/h4-5,7-11,13-15,22,31H,2-3,6,12,16H2,1H3/b24-14-/t22-/m0/s1. The SMILES string of the molecule is Cc1cc(O)c(CN2CCCC[C@H]2c2cccnc2)c2c1C(=O)/C(=C/c1ccc([N+](=O)[O-])cc1)O2. The third-order valence-corrected chi connectivity index (χ3v) is 6.67. The lowest BCUT2D eigenvalue weighted by atomic mass is 9.94. The average Bonchev–Trinajstić information content (AvgIpc) is 3.19. The first-order valence-electron chi connectivity index (χ1n) is 11.6. The molecule has 1 aromatic heterocycles. The number of benzene rings is 2. The zero-order valence-electron chi connectivity index (χ0n) is 19.3. The summed E-state index contributed by atoms with van der Waals surface area (Å²) >= 11 is 0. The number of piperidine rings is 1. The number of hydrogen-bond donors (Lipinski definition) is 1. The number of nitrogens with zero attached hydrogens (tertiary/aromatic N) is 3. The van der Waals surface area contributed by atoms with Crippen molar-refractivity contribution in [2.75, 3.05) is 6.54 Å². The third-order valence-electron chi connectivity index (χ3n) is 6.67. The van der Waals surface area contributed by atoms with E-state index < -0.39 is 4.92 Å². The minimum atomic E-state index is -0.470. The van der Waals surface area contributed by atoms with E-state index in [1.807, 2.05) is 12.3 Å². The summed E-state index contributed by atoms with van der Waals surface area (Å²) < 4.78 is 6.05. The predicted octanol–water partition coefficient (Wildman–Crippen LogP) is 5.35. The van der Waals surface area contributed by atoms with E-state index in [1.165, 1.54) is 12.1 Å². The largest absolute Gasteiger partial charge is 0.507 e. The van der Waals surface area contributed by atoms with E-state index in [1.54, 1.807) is 37.4 Å². The Kier molecular flexibility index (Phi) is 6.05. The molecule has 1 fully saturated rings. The van der Waals surface area contributed by atoms with E-state index in [-0.39, 0.29) is 29.0 Å². The quantitative estimate of drug-likeness (QED) is 0.304. The minimum Gasteiger partial charge on any atom is -0.507 e. The number of phenolic OH excluding ortho intramolecular Hbond substituents is 1. The zero-order chi connectivity index (χ0) is 24.5. The van der Waals surface area contributed by atoms with Crippen LogP contribution in [0.1, 0.15) is 57.9 Å². The van der Waals surface area contributed by atoms with Crippen LogP contribution >= 0.6 is 0 Å². The van der Waals surface area contributed by atoms with Crippen LogP contribution in [0.25, 0.3) is 6.08 Å². The van der Waals surface area contributed by atoms with Crippen LogP contribution in [0.5, 0.6) is 11.5 Å². The normalized spacial score (nSPS) is 18.9. The molecule has 2 aliphatic rings. The monoisotopic (exact) mass is 471 g/mol. The number of non-ortho nitro benzene ring substituents is 1. The fraction of sp³-hybridized carbons (Fsp3) is 0.259. The number of hydrogen-bond acceptors (Lipinski definition) is 7. The summed E-state index contributed by atoms with van der Waals surface area (Å²) in [5, 5.41) is 21.8. The third kappa shape index (κ3) is 4.40. The molecule has 0 saturated carbocycles. The maximum Gasteiger partial charge on any atom is 0.269 e. The van der Waals surface area contributed by atoms with E-state index in [0.717, 1.165) is 31.4 Å². The van der Waals surface area contributed by atoms with Gasteiger partial charge in [0.05, 0.1) is 16.1 Å². The lowest BCUT2D eigenvalue weighted by Gasteiger charge is -2.36. The van der Waals surface area contributed by atoms with Crippen molar-refractivity contribution in [1.82, 2.24) is 9.88 Å². The fourth-order valence-corrected chi connectivity index (χ4v) is 4.91. The van der Waals surface area contributed by atoms with Crippen LogP contribution in [0, 0.1) is 17.0 Å². The lowest BCUT2D eigenvalue weighted by molar-refractivity contribution is -0.384. The summed E-state index contributed by atoms with van der Waals surface area (Å²) in [4.78, 5) is 30.3.